The molecule has 0 saturated carbocycles. The molecule has 1 heterocycles. The number of rotatable bonds is 5. The number of benzene rings is 1. The van der Waals surface area contributed by atoms with Gasteiger partial charge in [0.05, 0.1) is 18.7 Å². The second-order valence-electron chi connectivity index (χ2n) is 4.68. The summed E-state index contributed by atoms with van der Waals surface area (Å²) < 4.78 is 4.76. The van der Waals surface area contributed by atoms with Crippen molar-refractivity contribution in [2.75, 3.05) is 17.2 Å². The number of amides is 2. The maximum atomic E-state index is 12.0. The van der Waals surface area contributed by atoms with E-state index in [0.29, 0.717) is 21.5 Å². The molecule has 2 amide bonds. The third-order valence-electron chi connectivity index (χ3n) is 2.83. The summed E-state index contributed by atoms with van der Waals surface area (Å²) in [6.45, 7) is 3.89. The van der Waals surface area contributed by atoms with Gasteiger partial charge in [-0.15, -0.1) is 11.3 Å². The first kappa shape index (κ1) is 17.2. The van der Waals surface area contributed by atoms with E-state index in [1.807, 2.05) is 13.0 Å². The van der Waals surface area contributed by atoms with Crippen molar-refractivity contribution in [3.63, 3.8) is 0 Å². The van der Waals surface area contributed by atoms with Crippen LogP contribution in [0.5, 0.6) is 0 Å². The molecule has 0 bridgehead atoms. The number of aryl methyl sites for hydroxylation is 1. The third-order valence-corrected chi connectivity index (χ3v) is 4.05. The fourth-order valence-corrected chi connectivity index (χ4v) is 2.62. The molecule has 8 heteroatoms. The molecule has 0 aliphatic heterocycles. The number of anilines is 2. The standard InChI is InChI=1S/C15H16ClN3O3S/c1-3-22-15(21)19-14-18-11(8-23-14)7-13(20)17-10-5-4-9(2)12(16)6-10/h4-6,8H,3,7H2,1-2H3,(H,17,20)(H,18,19,21). The topological polar surface area (TPSA) is 80.3 Å². The third kappa shape index (κ3) is 5.22. The Kier molecular flexibility index (Phi) is 5.95. The van der Waals surface area contributed by atoms with E-state index in [4.69, 9.17) is 16.3 Å². The van der Waals surface area contributed by atoms with E-state index in [0.717, 1.165) is 5.56 Å². The zero-order valence-corrected chi connectivity index (χ0v) is 14.3. The first-order valence-electron chi connectivity index (χ1n) is 6.92. The monoisotopic (exact) mass is 353 g/mol. The molecule has 1 aromatic carbocycles. The molecule has 1 aromatic heterocycles. The second-order valence-corrected chi connectivity index (χ2v) is 5.94. The molecule has 0 saturated heterocycles. The molecule has 0 unspecified atom stereocenters. The molecular formula is C15H16ClN3O3S. The number of halogens is 1. The smallest absolute Gasteiger partial charge is 0.413 e. The van der Waals surface area contributed by atoms with E-state index in [1.165, 1.54) is 11.3 Å². The summed E-state index contributed by atoms with van der Waals surface area (Å²) in [5.74, 6) is -0.210. The highest BCUT2D eigenvalue weighted by Gasteiger charge is 2.11. The first-order valence-corrected chi connectivity index (χ1v) is 8.18. The van der Waals surface area contributed by atoms with Crippen LogP contribution >= 0.6 is 22.9 Å². The lowest BCUT2D eigenvalue weighted by atomic mass is 10.2. The summed E-state index contributed by atoms with van der Waals surface area (Å²) >= 11 is 7.25. The summed E-state index contributed by atoms with van der Waals surface area (Å²) in [6.07, 6.45) is -0.459. The molecule has 2 rings (SSSR count). The Hall–Kier alpha value is -2.12. The van der Waals surface area contributed by atoms with Crippen LogP contribution < -0.4 is 10.6 Å². The summed E-state index contributed by atoms with van der Waals surface area (Å²) in [7, 11) is 0. The van der Waals surface area contributed by atoms with Crippen LogP contribution in [0.3, 0.4) is 0 Å². The maximum absolute atomic E-state index is 12.0. The normalized spacial score (nSPS) is 10.2. The number of aromatic nitrogens is 1. The van der Waals surface area contributed by atoms with Crippen molar-refractivity contribution in [1.29, 1.82) is 0 Å². The van der Waals surface area contributed by atoms with Gasteiger partial charge >= 0.3 is 6.09 Å². The van der Waals surface area contributed by atoms with E-state index < -0.39 is 6.09 Å². The number of carbonyl (C=O) groups is 2. The molecule has 0 atom stereocenters. The molecule has 0 spiro atoms. The molecule has 122 valence electrons. The van der Waals surface area contributed by atoms with E-state index in [-0.39, 0.29) is 18.9 Å². The fraction of sp³-hybridized carbons (Fsp3) is 0.267. The minimum absolute atomic E-state index is 0.104. The summed E-state index contributed by atoms with van der Waals surface area (Å²) in [6, 6.07) is 5.32. The van der Waals surface area contributed by atoms with Crippen LogP contribution in [0.4, 0.5) is 15.6 Å². The number of nitrogens with zero attached hydrogens (tertiary/aromatic N) is 1. The highest BCUT2D eigenvalue weighted by molar-refractivity contribution is 7.13. The Labute approximate surface area is 142 Å². The predicted octanol–water partition coefficient (Wildman–Crippen LogP) is 3.85. The van der Waals surface area contributed by atoms with Crippen molar-refractivity contribution in [2.24, 2.45) is 0 Å². The van der Waals surface area contributed by atoms with Crippen molar-refractivity contribution in [1.82, 2.24) is 4.98 Å². The Balaban J connectivity index is 1.91. The molecule has 6 nitrogen and oxygen atoms in total. The van der Waals surface area contributed by atoms with Crippen molar-refractivity contribution >= 4 is 45.8 Å². The van der Waals surface area contributed by atoms with Crippen molar-refractivity contribution < 1.29 is 14.3 Å². The molecule has 0 aliphatic carbocycles. The minimum atomic E-state index is -0.563. The highest BCUT2D eigenvalue weighted by Crippen LogP contribution is 2.20. The molecule has 0 radical (unpaired) electrons. The van der Waals surface area contributed by atoms with Gasteiger partial charge in [-0.2, -0.15) is 0 Å². The molecule has 23 heavy (non-hydrogen) atoms. The van der Waals surface area contributed by atoms with E-state index in [9.17, 15) is 9.59 Å². The fourth-order valence-electron chi connectivity index (χ4n) is 1.74. The number of ether oxygens (including phenoxy) is 1. The number of thiazole rings is 1. The quantitative estimate of drug-likeness (QED) is 0.855. The Morgan fingerprint density at radius 3 is 2.83 bits per heavy atom. The van der Waals surface area contributed by atoms with Gasteiger partial charge in [-0.3, -0.25) is 10.1 Å². The first-order chi connectivity index (χ1) is 11.0. The molecule has 0 fully saturated rings. The van der Waals surface area contributed by atoms with Gasteiger partial charge in [0.2, 0.25) is 5.91 Å². The van der Waals surface area contributed by atoms with Gasteiger partial charge in [-0.05, 0) is 31.5 Å². The lowest BCUT2D eigenvalue weighted by Crippen LogP contribution is -2.15. The summed E-state index contributed by atoms with van der Waals surface area (Å²) in [5, 5.41) is 7.95. The van der Waals surface area contributed by atoms with Crippen LogP contribution in [0.15, 0.2) is 23.6 Å². The van der Waals surface area contributed by atoms with Crippen molar-refractivity contribution in [3.05, 3.63) is 39.9 Å². The Morgan fingerprint density at radius 1 is 1.35 bits per heavy atom. The largest absolute Gasteiger partial charge is 0.450 e. The Morgan fingerprint density at radius 2 is 2.13 bits per heavy atom. The zero-order chi connectivity index (χ0) is 16.8. The number of hydrogen-bond donors (Lipinski definition) is 2. The van der Waals surface area contributed by atoms with Crippen LogP contribution in [-0.2, 0) is 16.0 Å². The molecular weight excluding hydrogens is 338 g/mol. The molecule has 0 aliphatic rings. The van der Waals surface area contributed by atoms with E-state index >= 15 is 0 Å². The summed E-state index contributed by atoms with van der Waals surface area (Å²) in [4.78, 5) is 27.5. The van der Waals surface area contributed by atoms with Gasteiger partial charge in [-0.25, -0.2) is 9.78 Å². The number of nitrogens with one attached hydrogen (secondary N) is 2. The lowest BCUT2D eigenvalue weighted by molar-refractivity contribution is -0.115. The average Bonchev–Trinajstić information content (AvgIpc) is 2.90. The van der Waals surface area contributed by atoms with Gasteiger partial charge in [0.1, 0.15) is 0 Å². The number of hydrogen-bond acceptors (Lipinski definition) is 5. The average molecular weight is 354 g/mol. The molecule has 2 N–H and O–H groups in total. The van der Waals surface area contributed by atoms with Crippen LogP contribution in [0.1, 0.15) is 18.2 Å². The van der Waals surface area contributed by atoms with Gasteiger partial charge in [0.15, 0.2) is 5.13 Å². The minimum Gasteiger partial charge on any atom is -0.450 e. The van der Waals surface area contributed by atoms with Gasteiger partial charge < -0.3 is 10.1 Å². The predicted molar refractivity (Wildman–Crippen MR) is 91.3 cm³/mol. The highest BCUT2D eigenvalue weighted by atomic mass is 35.5. The molecule has 2 aromatic rings. The van der Waals surface area contributed by atoms with Crippen LogP contribution in [-0.4, -0.2) is 23.6 Å². The van der Waals surface area contributed by atoms with Crippen molar-refractivity contribution in [2.45, 2.75) is 20.3 Å². The lowest BCUT2D eigenvalue weighted by Gasteiger charge is -2.06. The Bertz CT molecular complexity index is 718. The zero-order valence-electron chi connectivity index (χ0n) is 12.7. The van der Waals surface area contributed by atoms with E-state index in [2.05, 4.69) is 15.6 Å². The summed E-state index contributed by atoms with van der Waals surface area (Å²) in [5.41, 5.74) is 2.14. The SMILES string of the molecule is CCOC(=O)Nc1nc(CC(=O)Nc2ccc(C)c(Cl)c2)cs1. The van der Waals surface area contributed by atoms with Crippen LogP contribution in [0, 0.1) is 6.92 Å². The second kappa shape index (κ2) is 7.94. The van der Waals surface area contributed by atoms with Crippen LogP contribution in [0.25, 0.3) is 0 Å². The van der Waals surface area contributed by atoms with Gasteiger partial charge in [-0.1, -0.05) is 17.7 Å². The van der Waals surface area contributed by atoms with Gasteiger partial charge in [0, 0.05) is 16.1 Å². The van der Waals surface area contributed by atoms with Gasteiger partial charge in [0.25, 0.3) is 0 Å². The van der Waals surface area contributed by atoms with Crippen molar-refractivity contribution in [3.8, 4) is 0 Å². The maximum Gasteiger partial charge on any atom is 0.413 e. The number of carbonyl (C=O) groups excluding carboxylic acids is 2. The van der Waals surface area contributed by atoms with E-state index in [1.54, 1.807) is 24.4 Å². The van der Waals surface area contributed by atoms with Crippen LogP contribution in [0.2, 0.25) is 5.02 Å².